The van der Waals surface area contributed by atoms with Crippen LogP contribution in [0.3, 0.4) is 0 Å². The lowest BCUT2D eigenvalue weighted by atomic mass is 9.73. The molecule has 0 radical (unpaired) electrons. The van der Waals surface area contributed by atoms with E-state index < -0.39 is 5.92 Å². The van der Waals surface area contributed by atoms with E-state index in [9.17, 15) is 9.59 Å². The number of hydrogen-bond acceptors (Lipinski definition) is 3. The number of esters is 1. The van der Waals surface area contributed by atoms with Crippen molar-refractivity contribution in [3.63, 3.8) is 0 Å². The van der Waals surface area contributed by atoms with Crippen molar-refractivity contribution >= 4 is 23.4 Å². The van der Waals surface area contributed by atoms with E-state index in [4.69, 9.17) is 16.3 Å². The zero-order valence-electron chi connectivity index (χ0n) is 12.1. The van der Waals surface area contributed by atoms with Crippen molar-refractivity contribution in [3.8, 4) is 0 Å². The fraction of sp³-hybridized carbons (Fsp3) is 0.412. The van der Waals surface area contributed by atoms with E-state index in [-0.39, 0.29) is 17.2 Å². The third kappa shape index (κ3) is 2.75. The maximum Gasteiger partial charge on any atom is 0.318 e. The van der Waals surface area contributed by atoms with Crippen molar-refractivity contribution in [3.05, 3.63) is 46.2 Å². The molecule has 0 saturated heterocycles. The summed E-state index contributed by atoms with van der Waals surface area (Å²) in [5.74, 6) is -0.00747. The van der Waals surface area contributed by atoms with Gasteiger partial charge in [-0.05, 0) is 29.5 Å². The predicted molar refractivity (Wildman–Crippen MR) is 80.0 cm³/mol. The van der Waals surface area contributed by atoms with Gasteiger partial charge in [-0.25, -0.2) is 0 Å². The number of allylic oxidation sites excluding steroid dienone is 2. The van der Waals surface area contributed by atoms with Gasteiger partial charge in [0, 0.05) is 23.4 Å². The van der Waals surface area contributed by atoms with Gasteiger partial charge in [0.25, 0.3) is 0 Å². The highest BCUT2D eigenvalue weighted by atomic mass is 35.5. The van der Waals surface area contributed by atoms with Crippen LogP contribution in [0.25, 0.3) is 0 Å². The number of rotatable bonds is 1. The van der Waals surface area contributed by atoms with Crippen LogP contribution in [0.2, 0.25) is 5.02 Å². The Labute approximate surface area is 128 Å². The minimum atomic E-state index is -0.411. The van der Waals surface area contributed by atoms with E-state index in [1.165, 1.54) is 0 Å². The van der Waals surface area contributed by atoms with Gasteiger partial charge < -0.3 is 4.74 Å². The van der Waals surface area contributed by atoms with Gasteiger partial charge in [0.1, 0.15) is 5.76 Å². The van der Waals surface area contributed by atoms with Crippen molar-refractivity contribution in [2.75, 3.05) is 0 Å². The number of ketones is 1. The number of carbonyl (C=O) groups excluding carboxylic acids is 2. The molecule has 1 aromatic carbocycles. The highest BCUT2D eigenvalue weighted by molar-refractivity contribution is 6.30. The summed E-state index contributed by atoms with van der Waals surface area (Å²) in [5, 5.41) is 0.623. The first-order valence-electron chi connectivity index (χ1n) is 7.08. The Morgan fingerprint density at radius 3 is 2.48 bits per heavy atom. The average Bonchev–Trinajstić information content (AvgIpc) is 2.38. The topological polar surface area (TPSA) is 43.4 Å². The molecule has 0 N–H and O–H groups in total. The molecule has 1 unspecified atom stereocenters. The van der Waals surface area contributed by atoms with Gasteiger partial charge in [-0.1, -0.05) is 37.6 Å². The third-order valence-electron chi connectivity index (χ3n) is 4.14. The van der Waals surface area contributed by atoms with E-state index in [1.54, 1.807) is 12.1 Å². The van der Waals surface area contributed by atoms with Crippen molar-refractivity contribution in [1.29, 1.82) is 0 Å². The number of Topliss-reactive ketones (excluding diaryl/α,β-unsaturated/α-hetero) is 1. The molecule has 1 aliphatic heterocycles. The smallest absolute Gasteiger partial charge is 0.318 e. The zero-order valence-corrected chi connectivity index (χ0v) is 12.9. The van der Waals surface area contributed by atoms with Gasteiger partial charge >= 0.3 is 5.97 Å². The first-order valence-corrected chi connectivity index (χ1v) is 7.46. The van der Waals surface area contributed by atoms with Gasteiger partial charge in [-0.2, -0.15) is 0 Å². The molecule has 0 spiro atoms. The molecule has 2 aliphatic rings. The van der Waals surface area contributed by atoms with Gasteiger partial charge in [0.05, 0.1) is 5.92 Å². The van der Waals surface area contributed by atoms with Crippen LogP contribution in [0.15, 0.2) is 35.6 Å². The summed E-state index contributed by atoms with van der Waals surface area (Å²) < 4.78 is 5.48. The van der Waals surface area contributed by atoms with Crippen molar-refractivity contribution in [2.45, 2.75) is 39.0 Å². The van der Waals surface area contributed by atoms with Crippen LogP contribution in [0, 0.1) is 5.41 Å². The standard InChI is InChI=1S/C17H17ClO3/c1-17(2)8-14(19)13-7-12(16(20)21-15(13)9-17)10-3-5-11(18)6-4-10/h3-6,12H,7-9H2,1-2H3. The molecule has 1 aromatic rings. The molecule has 110 valence electrons. The van der Waals surface area contributed by atoms with Crippen molar-refractivity contribution in [1.82, 2.24) is 0 Å². The quantitative estimate of drug-likeness (QED) is 0.736. The molecule has 1 aliphatic carbocycles. The molecular formula is C17H17ClO3. The molecule has 0 saturated carbocycles. The summed E-state index contributed by atoms with van der Waals surface area (Å²) in [5.41, 5.74) is 1.39. The Morgan fingerprint density at radius 2 is 1.81 bits per heavy atom. The number of ether oxygens (including phenoxy) is 1. The third-order valence-corrected chi connectivity index (χ3v) is 4.39. The van der Waals surface area contributed by atoms with E-state index in [0.717, 1.165) is 5.56 Å². The molecule has 3 rings (SSSR count). The van der Waals surface area contributed by atoms with Crippen molar-refractivity contribution in [2.24, 2.45) is 5.41 Å². The highest BCUT2D eigenvalue weighted by Gasteiger charge is 2.40. The Hall–Kier alpha value is -1.61. The summed E-state index contributed by atoms with van der Waals surface area (Å²) in [6.45, 7) is 4.04. The average molecular weight is 305 g/mol. The van der Waals surface area contributed by atoms with Crippen LogP contribution in [0.1, 0.15) is 44.6 Å². The fourth-order valence-corrected chi connectivity index (χ4v) is 3.18. The molecule has 4 heteroatoms. The van der Waals surface area contributed by atoms with Gasteiger partial charge in [-0.3, -0.25) is 9.59 Å². The molecular weight excluding hydrogens is 288 g/mol. The Bertz CT molecular complexity index is 641. The van der Waals surface area contributed by atoms with Gasteiger partial charge in [-0.15, -0.1) is 0 Å². The summed E-state index contributed by atoms with van der Waals surface area (Å²) in [6, 6.07) is 7.13. The lowest BCUT2D eigenvalue weighted by molar-refractivity contribution is -0.144. The molecule has 3 nitrogen and oxygen atoms in total. The Kier molecular flexibility index (Phi) is 3.40. The monoisotopic (exact) mass is 304 g/mol. The summed E-state index contributed by atoms with van der Waals surface area (Å²) in [6.07, 6.45) is 1.59. The number of halogens is 1. The Balaban J connectivity index is 1.92. The molecule has 21 heavy (non-hydrogen) atoms. The van der Waals surface area contributed by atoms with E-state index >= 15 is 0 Å². The molecule has 1 heterocycles. The number of carbonyl (C=O) groups is 2. The normalized spacial score (nSPS) is 24.6. The maximum atomic E-state index is 12.3. The largest absolute Gasteiger partial charge is 0.430 e. The number of benzene rings is 1. The summed E-state index contributed by atoms with van der Waals surface area (Å²) in [7, 11) is 0. The minimum absolute atomic E-state index is 0.104. The second-order valence-electron chi connectivity index (χ2n) is 6.57. The fourth-order valence-electron chi connectivity index (χ4n) is 3.06. The minimum Gasteiger partial charge on any atom is -0.430 e. The first-order chi connectivity index (χ1) is 9.85. The van der Waals surface area contributed by atoms with E-state index in [2.05, 4.69) is 0 Å². The van der Waals surface area contributed by atoms with Crippen LogP contribution in [0.4, 0.5) is 0 Å². The summed E-state index contributed by atoms with van der Waals surface area (Å²) in [4.78, 5) is 24.6. The Morgan fingerprint density at radius 1 is 1.14 bits per heavy atom. The van der Waals surface area contributed by atoms with Crippen LogP contribution in [-0.4, -0.2) is 11.8 Å². The van der Waals surface area contributed by atoms with Crippen molar-refractivity contribution < 1.29 is 14.3 Å². The SMILES string of the molecule is CC1(C)CC(=O)C2=C(C1)OC(=O)C(c1ccc(Cl)cc1)C2. The molecule has 1 atom stereocenters. The van der Waals surface area contributed by atoms with E-state index in [0.29, 0.717) is 35.6 Å². The van der Waals surface area contributed by atoms with Gasteiger partial charge in [0.15, 0.2) is 5.78 Å². The van der Waals surface area contributed by atoms with Gasteiger partial charge in [0.2, 0.25) is 0 Å². The molecule has 0 amide bonds. The molecule has 0 fully saturated rings. The zero-order chi connectivity index (χ0) is 15.2. The molecule has 0 bridgehead atoms. The maximum absolute atomic E-state index is 12.3. The van der Waals surface area contributed by atoms with E-state index in [1.807, 2.05) is 26.0 Å². The first kappa shape index (κ1) is 14.3. The highest BCUT2D eigenvalue weighted by Crippen LogP contribution is 2.43. The predicted octanol–water partition coefficient (Wildman–Crippen LogP) is 4.01. The lowest BCUT2D eigenvalue weighted by Crippen LogP contribution is -2.33. The molecule has 0 aromatic heterocycles. The second-order valence-corrected chi connectivity index (χ2v) is 7.01. The second kappa shape index (κ2) is 4.99. The number of hydrogen-bond donors (Lipinski definition) is 0. The van der Waals surface area contributed by atoms with Crippen LogP contribution in [-0.2, 0) is 14.3 Å². The summed E-state index contributed by atoms with van der Waals surface area (Å²) >= 11 is 5.87. The van der Waals surface area contributed by atoms with Crippen LogP contribution >= 0.6 is 11.6 Å². The van der Waals surface area contributed by atoms with Crippen LogP contribution in [0.5, 0.6) is 0 Å². The van der Waals surface area contributed by atoms with Crippen LogP contribution < -0.4 is 0 Å². The lowest BCUT2D eigenvalue weighted by Gasteiger charge is -2.35.